The summed E-state index contributed by atoms with van der Waals surface area (Å²) in [5.74, 6) is 0.514. The van der Waals surface area contributed by atoms with Crippen LogP contribution in [0.25, 0.3) is 5.69 Å². The summed E-state index contributed by atoms with van der Waals surface area (Å²) in [5.41, 5.74) is 3.56. The van der Waals surface area contributed by atoms with Gasteiger partial charge in [-0.2, -0.15) is 0 Å². The Morgan fingerprint density at radius 1 is 1.29 bits per heavy atom. The molecule has 0 atom stereocenters. The summed E-state index contributed by atoms with van der Waals surface area (Å²) < 4.78 is 3.25. The molecule has 2 rings (SSSR count). The summed E-state index contributed by atoms with van der Waals surface area (Å²) in [6.45, 7) is 0. The Hall–Kier alpha value is -0.358. The van der Waals surface area contributed by atoms with Gasteiger partial charge in [-0.25, -0.2) is 0 Å². The van der Waals surface area contributed by atoms with Crippen LogP contribution < -0.4 is 0 Å². The van der Waals surface area contributed by atoms with E-state index in [9.17, 15) is 0 Å². The van der Waals surface area contributed by atoms with Gasteiger partial charge < -0.3 is 0 Å². The molecule has 3 radical (unpaired) electrons. The average molecular weight is 441 g/mol. The van der Waals surface area contributed by atoms with Crippen LogP contribution in [0.2, 0.25) is 3.98 Å². The predicted molar refractivity (Wildman–Crippen MR) is 72.0 cm³/mol. The zero-order chi connectivity index (χ0) is 12.1. The van der Waals surface area contributed by atoms with E-state index in [-0.39, 0.29) is 0 Å². The first kappa shape index (κ1) is 13.1. The molecule has 0 aliphatic carbocycles. The standard InChI is InChI=1S/C13H14ClN2.Pb/c1-2-4-11-5-3-6-13(7-11)16-10-12(8-14)9-15-16;/h3,5-7,9-10H,1-2,4,8H2;. The number of halogens is 1. The van der Waals surface area contributed by atoms with Gasteiger partial charge in [0, 0.05) is 0 Å². The molecule has 0 spiro atoms. The number of hydrogen-bond donors (Lipinski definition) is 0. The third-order valence-corrected chi connectivity index (χ3v) is 4.29. The van der Waals surface area contributed by atoms with Crippen LogP contribution >= 0.6 is 11.6 Å². The van der Waals surface area contributed by atoms with Gasteiger partial charge >= 0.3 is 123 Å². The fourth-order valence-electron chi connectivity index (χ4n) is 1.72. The minimum atomic E-state index is 0.514. The Kier molecular flexibility index (Phi) is 5.03. The fourth-order valence-corrected chi connectivity index (χ4v) is 2.54. The normalized spacial score (nSPS) is 10.7. The van der Waals surface area contributed by atoms with Crippen molar-refractivity contribution >= 4 is 37.4 Å². The number of aryl methyl sites for hydroxylation is 1. The van der Waals surface area contributed by atoms with Crippen molar-refractivity contribution < 1.29 is 0 Å². The van der Waals surface area contributed by atoms with Gasteiger partial charge in [-0.1, -0.05) is 0 Å². The van der Waals surface area contributed by atoms with Crippen molar-refractivity contribution in [2.45, 2.75) is 22.7 Å². The van der Waals surface area contributed by atoms with E-state index < -0.39 is 0 Å². The van der Waals surface area contributed by atoms with Gasteiger partial charge in [0.2, 0.25) is 0 Å². The molecule has 0 unspecified atom stereocenters. The van der Waals surface area contributed by atoms with Crippen LogP contribution in [0.15, 0.2) is 36.7 Å². The van der Waals surface area contributed by atoms with Crippen molar-refractivity contribution in [3.63, 3.8) is 0 Å². The summed E-state index contributed by atoms with van der Waals surface area (Å²) in [7, 11) is 0. The summed E-state index contributed by atoms with van der Waals surface area (Å²) in [6, 6.07) is 8.57. The molecule has 0 aliphatic heterocycles. The Morgan fingerprint density at radius 2 is 2.18 bits per heavy atom. The molecule has 17 heavy (non-hydrogen) atoms. The average Bonchev–Trinajstić information content (AvgIpc) is 2.85. The molecule has 0 saturated heterocycles. The minimum absolute atomic E-state index is 0.514. The second-order valence-electron chi connectivity index (χ2n) is 3.95. The van der Waals surface area contributed by atoms with Crippen molar-refractivity contribution in [3.8, 4) is 5.69 Å². The zero-order valence-electron chi connectivity index (χ0n) is 9.56. The molecule has 0 bridgehead atoms. The Balaban J connectivity index is 2.20. The first-order valence-corrected chi connectivity index (χ1v) is 8.95. The first-order chi connectivity index (χ1) is 8.33. The summed E-state index contributed by atoms with van der Waals surface area (Å²) in [6.07, 6.45) is 6.26. The molecule has 2 aromatic rings. The number of rotatable bonds is 5. The Labute approximate surface area is 123 Å². The summed E-state index contributed by atoms with van der Waals surface area (Å²) >= 11 is 7.07. The third kappa shape index (κ3) is 3.55. The van der Waals surface area contributed by atoms with Crippen LogP contribution in [0.5, 0.6) is 0 Å². The molecule has 0 aliphatic rings. The molecule has 0 amide bonds. The van der Waals surface area contributed by atoms with Crippen LogP contribution in [0.4, 0.5) is 0 Å². The summed E-state index contributed by atoms with van der Waals surface area (Å²) in [4.78, 5) is 0. The topological polar surface area (TPSA) is 17.8 Å². The van der Waals surface area contributed by atoms with Gasteiger partial charge in [0.15, 0.2) is 0 Å². The van der Waals surface area contributed by atoms with Crippen LogP contribution in [0.3, 0.4) is 0 Å². The Bertz CT molecular complexity index is 482. The number of hydrogen-bond acceptors (Lipinski definition) is 1. The monoisotopic (exact) mass is 441 g/mol. The van der Waals surface area contributed by atoms with E-state index in [0.717, 1.165) is 11.3 Å². The maximum atomic E-state index is 5.78. The van der Waals surface area contributed by atoms with Gasteiger partial charge in [-0.3, -0.25) is 0 Å². The van der Waals surface area contributed by atoms with Crippen molar-refractivity contribution in [2.75, 3.05) is 0 Å². The van der Waals surface area contributed by atoms with Gasteiger partial charge in [0.25, 0.3) is 0 Å². The number of alkyl halides is 1. The molecule has 0 N–H and O–H groups in total. The van der Waals surface area contributed by atoms with E-state index >= 15 is 0 Å². The SMILES string of the molecule is ClCc1cnn(-c2cccc(CC[CH2][Pb])c2)c1. The molecular formula is C13H14ClN2Pb. The van der Waals surface area contributed by atoms with E-state index in [0.29, 0.717) is 5.88 Å². The molecule has 2 nitrogen and oxygen atoms in total. The maximum absolute atomic E-state index is 5.78. The molecular weight excluding hydrogens is 427 g/mol. The Morgan fingerprint density at radius 3 is 2.88 bits per heavy atom. The second-order valence-corrected chi connectivity index (χ2v) is 6.16. The van der Waals surface area contributed by atoms with Gasteiger partial charge in [-0.05, 0) is 0 Å². The first-order valence-electron chi connectivity index (χ1n) is 5.67. The molecule has 1 aromatic carbocycles. The molecule has 1 heterocycles. The van der Waals surface area contributed by atoms with E-state index in [1.165, 1.54) is 48.2 Å². The van der Waals surface area contributed by atoms with Crippen LogP contribution in [0.1, 0.15) is 17.5 Å². The third-order valence-electron chi connectivity index (χ3n) is 2.61. The van der Waals surface area contributed by atoms with Crippen molar-refractivity contribution in [3.05, 3.63) is 47.8 Å². The van der Waals surface area contributed by atoms with Crippen molar-refractivity contribution in [2.24, 2.45) is 0 Å². The zero-order valence-corrected chi connectivity index (χ0v) is 14.2. The molecule has 4 heteroatoms. The summed E-state index contributed by atoms with van der Waals surface area (Å²) in [5, 5.41) is 4.32. The fraction of sp³-hybridized carbons (Fsp3) is 0.308. The van der Waals surface area contributed by atoms with E-state index in [1.54, 1.807) is 0 Å². The van der Waals surface area contributed by atoms with Gasteiger partial charge in [-0.15, -0.1) is 0 Å². The molecule has 0 saturated carbocycles. The van der Waals surface area contributed by atoms with Crippen molar-refractivity contribution in [1.82, 2.24) is 9.78 Å². The number of aromatic nitrogens is 2. The van der Waals surface area contributed by atoms with Crippen molar-refractivity contribution in [1.29, 1.82) is 0 Å². The van der Waals surface area contributed by atoms with Crippen LogP contribution in [-0.2, 0) is 12.3 Å². The van der Waals surface area contributed by atoms with Crippen LogP contribution in [0, 0.1) is 0 Å². The second kappa shape index (κ2) is 6.54. The van der Waals surface area contributed by atoms with E-state index in [1.807, 2.05) is 17.1 Å². The van der Waals surface area contributed by atoms with Gasteiger partial charge in [0.05, 0.1) is 0 Å². The van der Waals surface area contributed by atoms with Crippen LogP contribution in [-0.4, -0.2) is 35.5 Å². The number of nitrogens with zero attached hydrogens (tertiary/aromatic N) is 2. The number of benzene rings is 1. The molecule has 87 valence electrons. The van der Waals surface area contributed by atoms with E-state index in [2.05, 4.69) is 29.4 Å². The predicted octanol–water partition coefficient (Wildman–Crippen LogP) is 3.13. The van der Waals surface area contributed by atoms with Gasteiger partial charge in [0.1, 0.15) is 0 Å². The quantitative estimate of drug-likeness (QED) is 0.516. The molecule has 1 aromatic heterocycles. The van der Waals surface area contributed by atoms with E-state index in [4.69, 9.17) is 11.6 Å². The molecule has 0 fully saturated rings.